The molecule has 14 heteroatoms. The van der Waals surface area contributed by atoms with Crippen LogP contribution in [-0.4, -0.2) is 77.6 Å². The Hall–Kier alpha value is -2.80. The fourth-order valence-electron chi connectivity index (χ4n) is 3.05. The van der Waals surface area contributed by atoms with Gasteiger partial charge < -0.3 is 29.5 Å². The molecule has 13 nitrogen and oxygen atoms in total. The molecule has 0 aliphatic carbocycles. The number of benzene rings is 1. The molecule has 0 radical (unpaired) electrons. The summed E-state index contributed by atoms with van der Waals surface area (Å²) in [6.45, 7) is 4.54. The van der Waals surface area contributed by atoms with Crippen molar-refractivity contribution < 1.29 is 42.9 Å². The highest BCUT2D eigenvalue weighted by Crippen LogP contribution is 2.45. The summed E-state index contributed by atoms with van der Waals surface area (Å²) < 4.78 is 34.6. The van der Waals surface area contributed by atoms with Crippen LogP contribution in [0.4, 0.5) is 0 Å². The van der Waals surface area contributed by atoms with E-state index in [1.165, 1.54) is 26.2 Å². The Balaban J connectivity index is 1.72. The van der Waals surface area contributed by atoms with Crippen molar-refractivity contribution in [3.63, 3.8) is 0 Å². The lowest BCUT2D eigenvalue weighted by Crippen LogP contribution is -2.47. The molecule has 2 aliphatic heterocycles. The molecule has 2 heterocycles. The summed E-state index contributed by atoms with van der Waals surface area (Å²) in [6, 6.07) is 7.06. The molecule has 1 aromatic carbocycles. The summed E-state index contributed by atoms with van der Waals surface area (Å²) in [7, 11) is -3.00. The van der Waals surface area contributed by atoms with Crippen LogP contribution >= 0.6 is 7.75 Å². The van der Waals surface area contributed by atoms with Gasteiger partial charge in [-0.2, -0.15) is 10.2 Å². The molecule has 180 valence electrons. The van der Waals surface area contributed by atoms with Crippen molar-refractivity contribution >= 4 is 25.8 Å². The van der Waals surface area contributed by atoms with Gasteiger partial charge in [-0.15, -0.1) is 0 Å². The van der Waals surface area contributed by atoms with Gasteiger partial charge in [-0.05, 0) is 19.1 Å². The Morgan fingerprint density at radius 1 is 1.36 bits per heavy atom. The zero-order valence-electron chi connectivity index (χ0n) is 17.9. The number of hydrazone groups is 1. The lowest BCUT2D eigenvalue weighted by molar-refractivity contribution is -0.142. The lowest BCUT2D eigenvalue weighted by Gasteiger charge is -2.30. The van der Waals surface area contributed by atoms with Gasteiger partial charge >= 0.3 is 13.7 Å². The van der Waals surface area contributed by atoms with Crippen molar-refractivity contribution in [2.24, 2.45) is 5.10 Å². The van der Waals surface area contributed by atoms with Gasteiger partial charge in [0.25, 0.3) is 5.91 Å². The number of methoxy groups -OCH3 is 1. The molecule has 4 N–H and O–H groups in total. The predicted molar refractivity (Wildman–Crippen MR) is 114 cm³/mol. The Labute approximate surface area is 189 Å². The van der Waals surface area contributed by atoms with Crippen molar-refractivity contribution in [1.29, 1.82) is 0 Å². The highest BCUT2D eigenvalue weighted by atomic mass is 31.2. The van der Waals surface area contributed by atoms with E-state index in [-0.39, 0.29) is 11.6 Å². The minimum absolute atomic E-state index is 0.0342. The number of carbonyl (C=O) groups is 2. The second kappa shape index (κ2) is 10.4. The molecular formula is C19H25N4O9P. The van der Waals surface area contributed by atoms with Crippen molar-refractivity contribution in [2.75, 3.05) is 13.7 Å². The Morgan fingerprint density at radius 2 is 2.06 bits per heavy atom. The number of ether oxygens (including phenoxy) is 2. The quantitative estimate of drug-likeness (QED) is 0.268. The van der Waals surface area contributed by atoms with E-state index in [1.54, 1.807) is 18.2 Å². The van der Waals surface area contributed by atoms with Gasteiger partial charge in [0, 0.05) is 0 Å². The zero-order chi connectivity index (χ0) is 24.2. The number of hydrogen-bond donors (Lipinski definition) is 4. The SMILES string of the molecule is C=C1NC(=O)C=NN1[C@@H]1O[C@H](COP(=O)(N[C@@H](C)C(=O)OC)Oc2ccccc2)C(O)[C@@H]1O. The number of amides is 1. The van der Waals surface area contributed by atoms with Gasteiger partial charge in [-0.25, -0.2) is 9.57 Å². The van der Waals surface area contributed by atoms with Gasteiger partial charge in [0.2, 0.25) is 0 Å². The first kappa shape index (κ1) is 24.8. The molecular weight excluding hydrogens is 459 g/mol. The molecule has 33 heavy (non-hydrogen) atoms. The molecule has 1 fully saturated rings. The van der Waals surface area contributed by atoms with Crippen molar-refractivity contribution in [2.45, 2.75) is 37.5 Å². The Morgan fingerprint density at radius 3 is 2.70 bits per heavy atom. The minimum atomic E-state index is -4.18. The molecule has 6 atom stereocenters. The van der Waals surface area contributed by atoms with Crippen LogP contribution in [0.1, 0.15) is 6.92 Å². The molecule has 1 amide bonds. The van der Waals surface area contributed by atoms with E-state index in [1.807, 2.05) is 0 Å². The number of para-hydroxylation sites is 1. The maximum atomic E-state index is 13.4. The smallest absolute Gasteiger partial charge is 0.459 e. The number of aliphatic hydroxyl groups is 2. The van der Waals surface area contributed by atoms with Gasteiger partial charge in [-0.1, -0.05) is 24.8 Å². The predicted octanol–water partition coefficient (Wildman–Crippen LogP) is -0.323. The molecule has 0 aromatic heterocycles. The summed E-state index contributed by atoms with van der Waals surface area (Å²) >= 11 is 0. The van der Waals surface area contributed by atoms with Gasteiger partial charge in [0.1, 0.15) is 42.1 Å². The summed E-state index contributed by atoms with van der Waals surface area (Å²) in [5, 5.41) is 30.6. The topological polar surface area (TPSA) is 168 Å². The Bertz CT molecular complexity index is 960. The van der Waals surface area contributed by atoms with E-state index in [0.29, 0.717) is 0 Å². The summed E-state index contributed by atoms with van der Waals surface area (Å²) in [5.74, 6) is -0.974. The van der Waals surface area contributed by atoms with Crippen LogP contribution < -0.4 is 14.9 Å². The fraction of sp³-hybridized carbons (Fsp3) is 0.421. The number of rotatable bonds is 9. The standard InChI is InChI=1S/C19H25N4O9P/c1-11(19(27)29-3)22-33(28,32-13-7-5-4-6-8-13)30-10-14-16(25)17(26)18(31-14)23-12(2)21-15(24)9-20-23/h4-9,11,14,16-18,25-26H,2,10H2,1,3H3,(H,21,24)(H,22,28)/t11-,14+,16?,17-,18+,33?/m0/s1. The average molecular weight is 484 g/mol. The zero-order valence-corrected chi connectivity index (χ0v) is 18.8. The van der Waals surface area contributed by atoms with Crippen LogP contribution in [0.2, 0.25) is 0 Å². The van der Waals surface area contributed by atoms with E-state index in [0.717, 1.165) is 11.2 Å². The van der Waals surface area contributed by atoms with E-state index in [4.69, 9.17) is 13.8 Å². The first-order valence-corrected chi connectivity index (χ1v) is 11.4. The first-order chi connectivity index (χ1) is 15.6. The largest absolute Gasteiger partial charge is 0.468 e. The van der Waals surface area contributed by atoms with E-state index in [2.05, 4.69) is 26.8 Å². The van der Waals surface area contributed by atoms with Crippen molar-refractivity contribution in [3.8, 4) is 5.75 Å². The summed E-state index contributed by atoms with van der Waals surface area (Å²) in [4.78, 5) is 23.2. The molecule has 3 rings (SSSR count). The van der Waals surface area contributed by atoms with Gasteiger partial charge in [-0.3, -0.25) is 14.1 Å². The number of carbonyl (C=O) groups excluding carboxylic acids is 2. The summed E-state index contributed by atoms with van der Waals surface area (Å²) in [5.41, 5.74) is 0. The molecule has 0 bridgehead atoms. The fourth-order valence-corrected chi connectivity index (χ4v) is 4.55. The van der Waals surface area contributed by atoms with E-state index < -0.39 is 56.8 Å². The molecule has 2 unspecified atom stereocenters. The third kappa shape index (κ3) is 5.96. The summed E-state index contributed by atoms with van der Waals surface area (Å²) in [6.07, 6.45) is -4.32. The molecule has 1 saturated heterocycles. The monoisotopic (exact) mass is 484 g/mol. The second-order valence-corrected chi connectivity index (χ2v) is 8.84. The van der Waals surface area contributed by atoms with Crippen LogP contribution in [0, 0.1) is 0 Å². The van der Waals surface area contributed by atoms with Crippen molar-refractivity contribution in [1.82, 2.24) is 15.4 Å². The van der Waals surface area contributed by atoms with Gasteiger partial charge in [0.15, 0.2) is 6.23 Å². The van der Waals surface area contributed by atoms with Crippen LogP contribution in [-0.2, 0) is 28.2 Å². The highest BCUT2D eigenvalue weighted by Gasteiger charge is 2.48. The number of hydrogen-bond acceptors (Lipinski definition) is 11. The molecule has 0 spiro atoms. The minimum Gasteiger partial charge on any atom is -0.468 e. The number of nitrogens with one attached hydrogen (secondary N) is 2. The Kier molecular flexibility index (Phi) is 7.84. The van der Waals surface area contributed by atoms with Crippen LogP contribution in [0.5, 0.6) is 5.75 Å². The average Bonchev–Trinajstić information content (AvgIpc) is 3.06. The lowest BCUT2D eigenvalue weighted by atomic mass is 10.1. The third-order valence-electron chi connectivity index (χ3n) is 4.71. The van der Waals surface area contributed by atoms with Crippen LogP contribution in [0.15, 0.2) is 47.8 Å². The maximum Gasteiger partial charge on any atom is 0.459 e. The number of esters is 1. The van der Waals surface area contributed by atoms with E-state index >= 15 is 0 Å². The number of nitrogens with zero attached hydrogens (tertiary/aromatic N) is 2. The normalized spacial score (nSPS) is 27.6. The van der Waals surface area contributed by atoms with E-state index in [9.17, 15) is 24.4 Å². The maximum absolute atomic E-state index is 13.4. The first-order valence-electron chi connectivity index (χ1n) is 9.83. The van der Waals surface area contributed by atoms with Crippen molar-refractivity contribution in [3.05, 3.63) is 42.7 Å². The highest BCUT2D eigenvalue weighted by molar-refractivity contribution is 7.52. The molecule has 1 aromatic rings. The second-order valence-electron chi connectivity index (χ2n) is 7.14. The third-order valence-corrected chi connectivity index (χ3v) is 6.35. The van der Waals surface area contributed by atoms with Crippen LogP contribution in [0.25, 0.3) is 0 Å². The number of aliphatic hydroxyl groups excluding tert-OH is 2. The van der Waals surface area contributed by atoms with Crippen LogP contribution in [0.3, 0.4) is 0 Å². The molecule has 2 aliphatic rings. The molecule has 0 saturated carbocycles. The van der Waals surface area contributed by atoms with Gasteiger partial charge in [0.05, 0.1) is 13.7 Å².